The van der Waals surface area contributed by atoms with Gasteiger partial charge >= 0.3 is 0 Å². The Labute approximate surface area is 194 Å². The van der Waals surface area contributed by atoms with E-state index >= 15 is 0 Å². The third-order valence-electron chi connectivity index (χ3n) is 5.34. The summed E-state index contributed by atoms with van der Waals surface area (Å²) in [7, 11) is -1.61. The van der Waals surface area contributed by atoms with Crippen LogP contribution in [0.2, 0.25) is 0 Å². The molecule has 7 nitrogen and oxygen atoms in total. The molecule has 2 N–H and O–H groups in total. The second-order valence-electron chi connectivity index (χ2n) is 7.95. The molecule has 170 valence electrons. The molecule has 1 amide bonds. The summed E-state index contributed by atoms with van der Waals surface area (Å²) in [5.41, 5.74) is 3.00. The molecule has 1 aliphatic heterocycles. The number of hydrogen-bond acceptors (Lipinski definition) is 5. The maximum absolute atomic E-state index is 12.4. The highest BCUT2D eigenvalue weighted by Crippen LogP contribution is 2.26. The number of anilines is 1. The van der Waals surface area contributed by atoms with Crippen LogP contribution >= 0.6 is 0 Å². The topological polar surface area (TPSA) is 90.9 Å². The molecule has 0 bridgehead atoms. The van der Waals surface area contributed by atoms with Crippen LogP contribution in [0.15, 0.2) is 88.2 Å². The van der Waals surface area contributed by atoms with Crippen LogP contribution in [0.3, 0.4) is 0 Å². The monoisotopic (exact) mass is 462 g/mol. The van der Waals surface area contributed by atoms with Gasteiger partial charge < -0.3 is 15.5 Å². The summed E-state index contributed by atoms with van der Waals surface area (Å²) in [6, 6.07) is 23.9. The molecule has 0 unspecified atom stereocenters. The van der Waals surface area contributed by atoms with Gasteiger partial charge in [0, 0.05) is 29.9 Å². The number of sulfonamides is 1. The maximum atomic E-state index is 12.4. The highest BCUT2D eigenvalue weighted by Gasteiger charge is 2.28. The Morgan fingerprint density at radius 1 is 0.939 bits per heavy atom. The van der Waals surface area contributed by atoms with E-state index in [0.717, 1.165) is 19.5 Å². The first-order valence-corrected chi connectivity index (χ1v) is 12.2. The number of nitrogens with one attached hydrogen (secondary N) is 2. The van der Waals surface area contributed by atoms with Crippen LogP contribution in [-0.2, 0) is 16.6 Å². The number of hydrogen-bond donors (Lipinski definition) is 2. The van der Waals surface area contributed by atoms with Gasteiger partial charge in [-0.05, 0) is 62.0 Å². The van der Waals surface area contributed by atoms with E-state index in [1.807, 2.05) is 18.2 Å². The number of amidine groups is 1. The largest absolute Gasteiger partial charge is 0.352 e. The van der Waals surface area contributed by atoms with Gasteiger partial charge in [-0.25, -0.2) is 0 Å². The van der Waals surface area contributed by atoms with Crippen molar-refractivity contribution in [2.75, 3.05) is 25.5 Å². The van der Waals surface area contributed by atoms with Crippen molar-refractivity contribution < 1.29 is 13.2 Å². The Bertz CT molecular complexity index is 1260. The van der Waals surface area contributed by atoms with E-state index in [1.165, 1.54) is 11.6 Å². The average Bonchev–Trinajstić information content (AvgIpc) is 3.07. The van der Waals surface area contributed by atoms with Crippen molar-refractivity contribution in [2.45, 2.75) is 17.9 Å². The molecule has 0 atom stereocenters. The fourth-order valence-corrected chi connectivity index (χ4v) is 4.84. The smallest absolute Gasteiger partial charge is 0.285 e. The second kappa shape index (κ2) is 9.97. The Kier molecular flexibility index (Phi) is 6.86. The molecule has 0 spiro atoms. The minimum absolute atomic E-state index is 0.140. The van der Waals surface area contributed by atoms with Gasteiger partial charge in [0.05, 0.1) is 0 Å². The van der Waals surface area contributed by atoms with Crippen LogP contribution in [0, 0.1) is 0 Å². The molecular formula is C25H26N4O3S. The number of nitrogens with zero attached hydrogens (tertiary/aromatic N) is 2. The number of rotatable bonds is 8. The van der Waals surface area contributed by atoms with Crippen LogP contribution in [-0.4, -0.2) is 45.2 Å². The lowest BCUT2D eigenvalue weighted by Gasteiger charge is -2.16. The van der Waals surface area contributed by atoms with Crippen LogP contribution in [0.4, 0.5) is 5.69 Å². The van der Waals surface area contributed by atoms with Gasteiger partial charge in [0.2, 0.25) is 0 Å². The number of amides is 1. The molecule has 33 heavy (non-hydrogen) atoms. The molecule has 0 radical (unpaired) electrons. The van der Waals surface area contributed by atoms with Crippen LogP contribution in [0.1, 0.15) is 27.9 Å². The van der Waals surface area contributed by atoms with Gasteiger partial charge in [0.1, 0.15) is 4.90 Å². The zero-order valence-electron chi connectivity index (χ0n) is 18.4. The molecule has 0 aliphatic carbocycles. The highest BCUT2D eigenvalue weighted by molar-refractivity contribution is 7.90. The van der Waals surface area contributed by atoms with Crippen molar-refractivity contribution in [3.8, 4) is 0 Å². The fraction of sp³-hybridized carbons (Fsp3) is 0.200. The van der Waals surface area contributed by atoms with Gasteiger partial charge in [-0.15, -0.1) is 4.40 Å². The fourth-order valence-electron chi connectivity index (χ4n) is 3.66. The Hall–Kier alpha value is -3.49. The van der Waals surface area contributed by atoms with Crippen molar-refractivity contribution in [3.63, 3.8) is 0 Å². The summed E-state index contributed by atoms with van der Waals surface area (Å²) >= 11 is 0. The summed E-state index contributed by atoms with van der Waals surface area (Å²) in [4.78, 5) is 14.9. The van der Waals surface area contributed by atoms with E-state index in [-0.39, 0.29) is 16.6 Å². The van der Waals surface area contributed by atoms with Gasteiger partial charge in [0.15, 0.2) is 5.84 Å². The standard InChI is InChI=1S/C25H26N4O3S/c1-29(18-19-8-3-2-4-9-19)17-7-16-26-25(30)20-12-14-21(15-13-20)27-24-22-10-5-6-11-23(22)33(31,32)28-24/h2-6,8-15H,7,16-18H2,1H3,(H,26,30)(H,27,28). The van der Waals surface area contributed by atoms with Crippen molar-refractivity contribution in [1.82, 2.24) is 10.2 Å². The Balaban J connectivity index is 1.26. The molecule has 8 heteroatoms. The summed E-state index contributed by atoms with van der Waals surface area (Å²) in [6.07, 6.45) is 0.850. The lowest BCUT2D eigenvalue weighted by molar-refractivity contribution is 0.0952. The van der Waals surface area contributed by atoms with Gasteiger partial charge in [-0.3, -0.25) is 4.79 Å². The van der Waals surface area contributed by atoms with Crippen molar-refractivity contribution >= 4 is 27.5 Å². The third-order valence-corrected chi connectivity index (χ3v) is 6.67. The molecule has 4 rings (SSSR count). The van der Waals surface area contributed by atoms with E-state index in [0.29, 0.717) is 23.4 Å². The zero-order chi connectivity index (χ0) is 23.3. The Morgan fingerprint density at radius 3 is 2.39 bits per heavy atom. The van der Waals surface area contributed by atoms with E-state index in [1.54, 1.807) is 42.5 Å². The molecule has 3 aromatic carbocycles. The molecule has 0 aromatic heterocycles. The molecule has 0 saturated heterocycles. The zero-order valence-corrected chi connectivity index (χ0v) is 19.2. The summed E-state index contributed by atoms with van der Waals surface area (Å²) in [5.74, 6) is 0.140. The third kappa shape index (κ3) is 5.66. The maximum Gasteiger partial charge on any atom is 0.285 e. The molecule has 0 saturated carbocycles. The number of fused-ring (bicyclic) bond motifs is 1. The lowest BCUT2D eigenvalue weighted by atomic mass is 10.1. The number of benzene rings is 3. The van der Waals surface area contributed by atoms with Gasteiger partial charge in [-0.2, -0.15) is 8.42 Å². The first kappa shape index (κ1) is 22.7. The van der Waals surface area contributed by atoms with E-state index in [9.17, 15) is 13.2 Å². The molecule has 1 heterocycles. The average molecular weight is 463 g/mol. The number of carbonyl (C=O) groups is 1. The first-order valence-electron chi connectivity index (χ1n) is 10.7. The minimum atomic E-state index is -3.68. The molecular weight excluding hydrogens is 436 g/mol. The molecule has 3 aromatic rings. The predicted octanol–water partition coefficient (Wildman–Crippen LogP) is 3.50. The van der Waals surface area contributed by atoms with Crippen LogP contribution in [0.25, 0.3) is 0 Å². The van der Waals surface area contributed by atoms with E-state index in [2.05, 4.69) is 39.1 Å². The van der Waals surface area contributed by atoms with Crippen LogP contribution in [0.5, 0.6) is 0 Å². The lowest BCUT2D eigenvalue weighted by Crippen LogP contribution is -2.28. The van der Waals surface area contributed by atoms with Crippen LogP contribution < -0.4 is 10.6 Å². The van der Waals surface area contributed by atoms with Crippen molar-refractivity contribution in [3.05, 3.63) is 95.6 Å². The minimum Gasteiger partial charge on any atom is -0.352 e. The van der Waals surface area contributed by atoms with Crippen molar-refractivity contribution in [1.29, 1.82) is 0 Å². The van der Waals surface area contributed by atoms with E-state index in [4.69, 9.17) is 0 Å². The SMILES string of the molecule is CN(CCCNC(=O)c1ccc(NC2=NS(=O)(=O)c3ccccc32)cc1)Cc1ccccc1. The quantitative estimate of drug-likeness (QED) is 0.500. The number of carbonyl (C=O) groups excluding carboxylic acids is 1. The Morgan fingerprint density at radius 2 is 1.64 bits per heavy atom. The van der Waals surface area contributed by atoms with E-state index < -0.39 is 10.0 Å². The highest BCUT2D eigenvalue weighted by atomic mass is 32.2. The summed E-state index contributed by atoms with van der Waals surface area (Å²) in [5, 5.41) is 5.98. The van der Waals surface area contributed by atoms with Gasteiger partial charge in [0.25, 0.3) is 15.9 Å². The van der Waals surface area contributed by atoms with Crippen molar-refractivity contribution in [2.24, 2.45) is 4.40 Å². The molecule has 0 fully saturated rings. The first-order chi connectivity index (χ1) is 15.9. The predicted molar refractivity (Wildman–Crippen MR) is 130 cm³/mol. The van der Waals surface area contributed by atoms with Gasteiger partial charge in [-0.1, -0.05) is 42.5 Å². The molecule has 1 aliphatic rings. The summed E-state index contributed by atoms with van der Waals surface area (Å²) in [6.45, 7) is 2.34. The second-order valence-corrected chi connectivity index (χ2v) is 9.52. The summed E-state index contributed by atoms with van der Waals surface area (Å²) < 4.78 is 28.2. The normalized spacial score (nSPS) is 13.9.